The Hall–Kier alpha value is -2.99. The number of morpholine rings is 1. The van der Waals surface area contributed by atoms with Crippen molar-refractivity contribution in [1.29, 1.82) is 0 Å². The summed E-state index contributed by atoms with van der Waals surface area (Å²) in [4.78, 5) is 33.9. The van der Waals surface area contributed by atoms with Crippen LogP contribution < -0.4 is 5.56 Å². The van der Waals surface area contributed by atoms with Gasteiger partial charge in [-0.25, -0.2) is 4.98 Å². The van der Waals surface area contributed by atoms with Crippen molar-refractivity contribution in [2.45, 2.75) is 18.9 Å². The van der Waals surface area contributed by atoms with Gasteiger partial charge in [-0.05, 0) is 17.7 Å². The molecule has 6 nitrogen and oxygen atoms in total. The van der Waals surface area contributed by atoms with Gasteiger partial charge in [0.1, 0.15) is 11.8 Å². The lowest BCUT2D eigenvalue weighted by Gasteiger charge is -2.33. The first kappa shape index (κ1) is 17.4. The normalized spacial score (nSPS) is 17.2. The first-order chi connectivity index (χ1) is 13.2. The van der Waals surface area contributed by atoms with Gasteiger partial charge in [-0.2, -0.15) is 0 Å². The second-order valence-corrected chi connectivity index (χ2v) is 6.64. The van der Waals surface area contributed by atoms with E-state index in [9.17, 15) is 9.59 Å². The zero-order valence-electron chi connectivity index (χ0n) is 14.9. The third kappa shape index (κ3) is 3.90. The van der Waals surface area contributed by atoms with Gasteiger partial charge >= 0.3 is 0 Å². The molecule has 1 fully saturated rings. The fraction of sp³-hybridized carbons (Fsp3) is 0.286. The number of nitrogens with one attached hydrogen (secondary N) is 1. The Kier molecular flexibility index (Phi) is 4.98. The number of carbonyl (C=O) groups excluding carboxylic acids is 1. The van der Waals surface area contributed by atoms with Crippen LogP contribution in [0.2, 0.25) is 0 Å². The highest BCUT2D eigenvalue weighted by molar-refractivity contribution is 5.77. The largest absolute Gasteiger partial charge is 0.370 e. The van der Waals surface area contributed by atoms with E-state index in [1.54, 1.807) is 0 Å². The second kappa shape index (κ2) is 7.72. The molecule has 27 heavy (non-hydrogen) atoms. The molecule has 4 rings (SSSR count). The Morgan fingerprint density at radius 2 is 1.93 bits per heavy atom. The molecule has 0 saturated carbocycles. The molecule has 138 valence electrons. The molecule has 0 radical (unpaired) electrons. The number of para-hydroxylation sites is 2. The number of amides is 1. The fourth-order valence-corrected chi connectivity index (χ4v) is 3.37. The van der Waals surface area contributed by atoms with E-state index < -0.39 is 0 Å². The Morgan fingerprint density at radius 1 is 1.15 bits per heavy atom. The number of hydrogen-bond acceptors (Lipinski definition) is 4. The monoisotopic (exact) mass is 363 g/mol. The summed E-state index contributed by atoms with van der Waals surface area (Å²) >= 11 is 0. The number of rotatable bonds is 4. The van der Waals surface area contributed by atoms with Crippen molar-refractivity contribution >= 4 is 16.9 Å². The molecule has 1 saturated heterocycles. The van der Waals surface area contributed by atoms with Gasteiger partial charge in [0, 0.05) is 19.4 Å². The Labute approximate surface area is 156 Å². The van der Waals surface area contributed by atoms with E-state index in [1.807, 2.05) is 59.5 Å². The first-order valence-corrected chi connectivity index (χ1v) is 9.13. The first-order valence-electron chi connectivity index (χ1n) is 9.13. The fourth-order valence-electron chi connectivity index (χ4n) is 3.37. The van der Waals surface area contributed by atoms with E-state index in [4.69, 9.17) is 4.74 Å². The molecule has 1 amide bonds. The van der Waals surface area contributed by atoms with E-state index in [0.29, 0.717) is 37.3 Å². The van der Waals surface area contributed by atoms with Crippen molar-refractivity contribution < 1.29 is 9.53 Å². The van der Waals surface area contributed by atoms with Gasteiger partial charge < -0.3 is 14.6 Å². The highest BCUT2D eigenvalue weighted by Crippen LogP contribution is 2.22. The maximum Gasteiger partial charge on any atom is 0.270 e. The standard InChI is InChI=1S/C21H21N3O3/c25-20(24-12-13-27-19(14-24)15-6-2-1-3-7-15)11-10-18-21(26)23-17-9-5-4-8-16(17)22-18/h1-9,19H,10-14H2,(H,23,26)/t19-/m1/s1. The van der Waals surface area contributed by atoms with Crippen molar-refractivity contribution in [3.8, 4) is 0 Å². The van der Waals surface area contributed by atoms with E-state index in [-0.39, 0.29) is 24.0 Å². The highest BCUT2D eigenvalue weighted by Gasteiger charge is 2.25. The second-order valence-electron chi connectivity index (χ2n) is 6.64. The smallest absolute Gasteiger partial charge is 0.270 e. The minimum atomic E-state index is -0.231. The van der Waals surface area contributed by atoms with Gasteiger partial charge in [-0.1, -0.05) is 42.5 Å². The quantitative estimate of drug-likeness (QED) is 0.773. The summed E-state index contributed by atoms with van der Waals surface area (Å²) in [5.74, 6) is 0.0218. The zero-order chi connectivity index (χ0) is 18.6. The van der Waals surface area contributed by atoms with Gasteiger partial charge in [0.15, 0.2) is 0 Å². The third-order valence-corrected chi connectivity index (χ3v) is 4.84. The minimum Gasteiger partial charge on any atom is -0.370 e. The van der Waals surface area contributed by atoms with Crippen molar-refractivity contribution in [2.24, 2.45) is 0 Å². The molecule has 2 aromatic carbocycles. The average molecular weight is 363 g/mol. The van der Waals surface area contributed by atoms with Crippen LogP contribution in [0.3, 0.4) is 0 Å². The summed E-state index contributed by atoms with van der Waals surface area (Å²) in [5.41, 5.74) is 2.68. The summed E-state index contributed by atoms with van der Waals surface area (Å²) < 4.78 is 5.81. The van der Waals surface area contributed by atoms with Crippen LogP contribution in [-0.2, 0) is 16.0 Å². The number of nitrogens with zero attached hydrogens (tertiary/aromatic N) is 2. The molecule has 1 aromatic heterocycles. The SMILES string of the molecule is O=C(CCc1nc2ccccc2[nH]c1=O)N1CCO[C@@H](c2ccccc2)C1. The molecule has 2 heterocycles. The van der Waals surface area contributed by atoms with E-state index in [2.05, 4.69) is 9.97 Å². The van der Waals surface area contributed by atoms with Crippen molar-refractivity contribution in [3.63, 3.8) is 0 Å². The van der Waals surface area contributed by atoms with E-state index >= 15 is 0 Å². The number of H-pyrrole nitrogens is 1. The van der Waals surface area contributed by atoms with Crippen LogP contribution in [-0.4, -0.2) is 40.5 Å². The lowest BCUT2D eigenvalue weighted by atomic mass is 10.1. The predicted molar refractivity (Wildman–Crippen MR) is 102 cm³/mol. The number of hydrogen-bond donors (Lipinski definition) is 1. The van der Waals surface area contributed by atoms with Crippen LogP contribution in [0.4, 0.5) is 0 Å². The van der Waals surface area contributed by atoms with Crippen molar-refractivity contribution in [2.75, 3.05) is 19.7 Å². The number of fused-ring (bicyclic) bond motifs is 1. The number of aromatic amines is 1. The molecular formula is C21H21N3O3. The molecular weight excluding hydrogens is 342 g/mol. The van der Waals surface area contributed by atoms with Crippen LogP contribution in [0.15, 0.2) is 59.4 Å². The molecule has 0 spiro atoms. The summed E-state index contributed by atoms with van der Waals surface area (Å²) in [6.45, 7) is 1.62. The van der Waals surface area contributed by atoms with Crippen molar-refractivity contribution in [1.82, 2.24) is 14.9 Å². The lowest BCUT2D eigenvalue weighted by molar-refractivity contribution is -0.139. The Balaban J connectivity index is 1.42. The number of benzene rings is 2. The van der Waals surface area contributed by atoms with Gasteiger partial charge in [0.05, 0.1) is 24.2 Å². The van der Waals surface area contributed by atoms with Crippen LogP contribution in [0.25, 0.3) is 11.0 Å². The van der Waals surface area contributed by atoms with Gasteiger partial charge in [-0.15, -0.1) is 0 Å². The average Bonchev–Trinajstić information content (AvgIpc) is 2.72. The van der Waals surface area contributed by atoms with Gasteiger partial charge in [0.25, 0.3) is 5.56 Å². The minimum absolute atomic E-state index is 0.0218. The van der Waals surface area contributed by atoms with Gasteiger partial charge in [0.2, 0.25) is 5.91 Å². The van der Waals surface area contributed by atoms with E-state index in [0.717, 1.165) is 11.1 Å². The Bertz CT molecular complexity index is 1000. The summed E-state index contributed by atoms with van der Waals surface area (Å²) in [5, 5.41) is 0. The third-order valence-electron chi connectivity index (χ3n) is 4.84. The number of aryl methyl sites for hydroxylation is 1. The molecule has 0 unspecified atom stereocenters. The molecule has 6 heteroatoms. The predicted octanol–water partition coefficient (Wildman–Crippen LogP) is 2.46. The van der Waals surface area contributed by atoms with Crippen LogP contribution in [0.5, 0.6) is 0 Å². The van der Waals surface area contributed by atoms with Gasteiger partial charge in [-0.3, -0.25) is 9.59 Å². The highest BCUT2D eigenvalue weighted by atomic mass is 16.5. The molecule has 1 N–H and O–H groups in total. The topological polar surface area (TPSA) is 75.3 Å². The van der Waals surface area contributed by atoms with E-state index in [1.165, 1.54) is 0 Å². The maximum atomic E-state index is 12.7. The number of ether oxygens (including phenoxy) is 1. The summed E-state index contributed by atoms with van der Waals surface area (Å²) in [6, 6.07) is 17.3. The maximum absolute atomic E-state index is 12.7. The lowest BCUT2D eigenvalue weighted by Crippen LogP contribution is -2.42. The number of aromatic nitrogens is 2. The van der Waals surface area contributed by atoms with Crippen molar-refractivity contribution in [3.05, 3.63) is 76.2 Å². The number of carbonyl (C=O) groups is 1. The Morgan fingerprint density at radius 3 is 2.78 bits per heavy atom. The molecule has 1 aliphatic rings. The summed E-state index contributed by atoms with van der Waals surface area (Å²) in [6.07, 6.45) is 0.480. The molecule has 1 atom stereocenters. The molecule has 0 bridgehead atoms. The molecule has 1 aliphatic heterocycles. The summed E-state index contributed by atoms with van der Waals surface area (Å²) in [7, 11) is 0. The molecule has 3 aromatic rings. The molecule has 0 aliphatic carbocycles. The van der Waals surface area contributed by atoms with Crippen LogP contribution in [0, 0.1) is 0 Å². The van der Waals surface area contributed by atoms with Crippen LogP contribution in [0.1, 0.15) is 23.8 Å². The zero-order valence-corrected chi connectivity index (χ0v) is 14.9. The van der Waals surface area contributed by atoms with Crippen LogP contribution >= 0.6 is 0 Å².